The Bertz CT molecular complexity index is 724. The molecular weight excluding hydrogens is 352 g/mol. The molecule has 2 amide bonds. The fraction of sp³-hybridized carbons (Fsp3) is 0.588. The first-order valence-corrected chi connectivity index (χ1v) is 8.97. The van der Waals surface area contributed by atoms with Gasteiger partial charge in [0, 0.05) is 38.4 Å². The van der Waals surface area contributed by atoms with E-state index in [4.69, 9.17) is 16.2 Å². The average molecular weight is 376 g/mol. The highest BCUT2D eigenvalue weighted by atomic mass is 16.5. The number of carbonyl (C=O) groups excluding carboxylic acids is 3. The lowest BCUT2D eigenvalue weighted by molar-refractivity contribution is 0.00321. The Hall–Kier alpha value is -2.68. The first kappa shape index (κ1) is 19.1. The summed E-state index contributed by atoms with van der Waals surface area (Å²) in [5.74, 6) is 0.332. The van der Waals surface area contributed by atoms with Crippen LogP contribution in [0.15, 0.2) is 11.9 Å². The predicted octanol–water partition coefficient (Wildman–Crippen LogP) is -1.41. The van der Waals surface area contributed by atoms with Crippen LogP contribution in [0.5, 0.6) is 0 Å². The second-order valence-corrected chi connectivity index (χ2v) is 6.73. The minimum atomic E-state index is -0.842. The van der Waals surface area contributed by atoms with Crippen molar-refractivity contribution in [2.75, 3.05) is 39.4 Å². The molecule has 2 saturated heterocycles. The van der Waals surface area contributed by atoms with E-state index in [2.05, 4.69) is 10.00 Å². The number of nitrogens with zero attached hydrogens (tertiary/aromatic N) is 4. The molecule has 0 spiro atoms. The SMILES string of the molecule is NC(=O)c1cn(CC(=C=O)N2CCC(N3CCOCC3)CC2)nc1C(N)=O. The standard InChI is InChI=1S/C17H24N6O4/c18-16(25)14-10-23(20-15(14)17(19)26)9-13(11-24)21-3-1-12(2-4-21)22-5-7-27-8-6-22/h10,12H,1-9H2,(H2,18,25)(H2,19,26). The molecule has 0 bridgehead atoms. The first-order chi connectivity index (χ1) is 13.0. The minimum Gasteiger partial charge on any atom is -0.379 e. The number of likely N-dealkylation sites (tertiary alicyclic amines) is 1. The van der Waals surface area contributed by atoms with Crippen molar-refractivity contribution in [2.24, 2.45) is 11.5 Å². The third-order valence-electron chi connectivity index (χ3n) is 5.10. The highest BCUT2D eigenvalue weighted by molar-refractivity contribution is 6.04. The number of aromatic nitrogens is 2. The predicted molar refractivity (Wildman–Crippen MR) is 95.5 cm³/mol. The maximum absolute atomic E-state index is 11.5. The summed E-state index contributed by atoms with van der Waals surface area (Å²) in [6.45, 7) is 4.99. The van der Waals surface area contributed by atoms with Crippen molar-refractivity contribution in [3.05, 3.63) is 23.2 Å². The summed E-state index contributed by atoms with van der Waals surface area (Å²) in [5.41, 5.74) is 10.6. The summed E-state index contributed by atoms with van der Waals surface area (Å²) in [5, 5.41) is 3.99. The van der Waals surface area contributed by atoms with Gasteiger partial charge < -0.3 is 21.1 Å². The number of primary amides is 2. The molecule has 3 rings (SSSR count). The molecular formula is C17H24N6O4. The number of hydrogen-bond acceptors (Lipinski definition) is 7. The maximum Gasteiger partial charge on any atom is 0.270 e. The first-order valence-electron chi connectivity index (χ1n) is 8.97. The van der Waals surface area contributed by atoms with Crippen molar-refractivity contribution in [3.8, 4) is 0 Å². The molecule has 146 valence electrons. The van der Waals surface area contributed by atoms with E-state index in [0.29, 0.717) is 11.7 Å². The van der Waals surface area contributed by atoms with E-state index in [0.717, 1.165) is 52.2 Å². The van der Waals surface area contributed by atoms with Crippen LogP contribution in [-0.4, -0.2) is 82.8 Å². The van der Waals surface area contributed by atoms with Gasteiger partial charge in [-0.3, -0.25) is 19.2 Å². The van der Waals surface area contributed by atoms with Gasteiger partial charge in [-0.15, -0.1) is 0 Å². The van der Waals surface area contributed by atoms with E-state index >= 15 is 0 Å². The number of rotatable bonds is 6. The Morgan fingerprint density at radius 1 is 1.15 bits per heavy atom. The molecule has 2 aliphatic rings. The van der Waals surface area contributed by atoms with Gasteiger partial charge in [0.05, 0.1) is 25.3 Å². The van der Waals surface area contributed by atoms with E-state index in [-0.39, 0.29) is 17.8 Å². The van der Waals surface area contributed by atoms with Crippen LogP contribution in [0.3, 0.4) is 0 Å². The second-order valence-electron chi connectivity index (χ2n) is 6.73. The number of morpholine rings is 1. The van der Waals surface area contributed by atoms with Crippen LogP contribution in [0.1, 0.15) is 33.7 Å². The zero-order chi connectivity index (χ0) is 19.4. The summed E-state index contributed by atoms with van der Waals surface area (Å²) in [7, 11) is 0. The Morgan fingerprint density at radius 2 is 1.81 bits per heavy atom. The van der Waals surface area contributed by atoms with Crippen molar-refractivity contribution < 1.29 is 19.1 Å². The number of carbonyl (C=O) groups is 2. The fourth-order valence-electron chi connectivity index (χ4n) is 3.66. The van der Waals surface area contributed by atoms with Gasteiger partial charge in [0.2, 0.25) is 0 Å². The van der Waals surface area contributed by atoms with Gasteiger partial charge in [-0.05, 0) is 12.8 Å². The van der Waals surface area contributed by atoms with Crippen LogP contribution in [0, 0.1) is 0 Å². The summed E-state index contributed by atoms with van der Waals surface area (Å²) in [6.07, 6.45) is 3.23. The van der Waals surface area contributed by atoms with Gasteiger partial charge >= 0.3 is 0 Å². The molecule has 0 aromatic carbocycles. The molecule has 1 aromatic heterocycles. The third-order valence-corrected chi connectivity index (χ3v) is 5.10. The van der Waals surface area contributed by atoms with Crippen molar-refractivity contribution in [1.29, 1.82) is 0 Å². The number of hydrogen-bond donors (Lipinski definition) is 2. The van der Waals surface area contributed by atoms with Gasteiger partial charge in [0.15, 0.2) is 5.69 Å². The summed E-state index contributed by atoms with van der Waals surface area (Å²) in [6, 6.07) is 0.491. The molecule has 0 unspecified atom stereocenters. The lowest BCUT2D eigenvalue weighted by Crippen LogP contribution is -2.49. The average Bonchev–Trinajstić information content (AvgIpc) is 3.12. The molecule has 10 heteroatoms. The third kappa shape index (κ3) is 4.36. The van der Waals surface area contributed by atoms with E-state index in [9.17, 15) is 14.4 Å². The van der Waals surface area contributed by atoms with E-state index in [1.165, 1.54) is 10.9 Å². The number of nitrogens with two attached hydrogens (primary N) is 2. The highest BCUT2D eigenvalue weighted by Crippen LogP contribution is 2.20. The normalized spacial score (nSPS) is 18.9. The van der Waals surface area contributed by atoms with E-state index in [1.54, 1.807) is 0 Å². The zero-order valence-corrected chi connectivity index (χ0v) is 15.1. The number of piperidine rings is 1. The van der Waals surface area contributed by atoms with Crippen molar-refractivity contribution in [3.63, 3.8) is 0 Å². The molecule has 27 heavy (non-hydrogen) atoms. The molecule has 2 aliphatic heterocycles. The van der Waals surface area contributed by atoms with Crippen molar-refractivity contribution >= 4 is 17.8 Å². The lowest BCUT2D eigenvalue weighted by Gasteiger charge is -2.40. The molecule has 4 N–H and O–H groups in total. The van der Waals surface area contributed by atoms with Gasteiger partial charge in [-0.1, -0.05) is 0 Å². The highest BCUT2D eigenvalue weighted by Gasteiger charge is 2.27. The van der Waals surface area contributed by atoms with Crippen LogP contribution < -0.4 is 11.5 Å². The molecule has 0 atom stereocenters. The van der Waals surface area contributed by atoms with Crippen LogP contribution in [-0.2, 0) is 16.1 Å². The molecule has 3 heterocycles. The summed E-state index contributed by atoms with van der Waals surface area (Å²) >= 11 is 0. The van der Waals surface area contributed by atoms with Gasteiger partial charge in [0.25, 0.3) is 11.8 Å². The molecule has 1 aromatic rings. The smallest absolute Gasteiger partial charge is 0.270 e. The Labute approximate surface area is 156 Å². The largest absolute Gasteiger partial charge is 0.379 e. The van der Waals surface area contributed by atoms with Gasteiger partial charge in [-0.25, -0.2) is 4.79 Å². The molecule has 10 nitrogen and oxygen atoms in total. The number of ether oxygens (including phenoxy) is 1. The monoisotopic (exact) mass is 376 g/mol. The molecule has 2 fully saturated rings. The number of allylic oxidation sites excluding steroid dienone is 1. The van der Waals surface area contributed by atoms with Crippen LogP contribution in [0.4, 0.5) is 0 Å². The molecule has 0 aliphatic carbocycles. The zero-order valence-electron chi connectivity index (χ0n) is 15.1. The second kappa shape index (κ2) is 8.34. The van der Waals surface area contributed by atoms with Crippen LogP contribution >= 0.6 is 0 Å². The molecule has 0 saturated carbocycles. The van der Waals surface area contributed by atoms with Gasteiger partial charge in [0.1, 0.15) is 11.6 Å². The Kier molecular flexibility index (Phi) is 5.90. The Morgan fingerprint density at radius 3 is 2.33 bits per heavy atom. The van der Waals surface area contributed by atoms with Crippen LogP contribution in [0.2, 0.25) is 0 Å². The van der Waals surface area contributed by atoms with Gasteiger partial charge in [-0.2, -0.15) is 5.10 Å². The van der Waals surface area contributed by atoms with Crippen molar-refractivity contribution in [1.82, 2.24) is 19.6 Å². The van der Waals surface area contributed by atoms with E-state index < -0.39 is 11.8 Å². The topological polar surface area (TPSA) is 137 Å². The fourth-order valence-corrected chi connectivity index (χ4v) is 3.66. The lowest BCUT2D eigenvalue weighted by atomic mass is 10.0. The number of amides is 2. The van der Waals surface area contributed by atoms with Crippen molar-refractivity contribution in [2.45, 2.75) is 25.4 Å². The van der Waals surface area contributed by atoms with Crippen LogP contribution in [0.25, 0.3) is 0 Å². The molecule has 0 radical (unpaired) electrons. The summed E-state index contributed by atoms with van der Waals surface area (Å²) in [4.78, 5) is 38.8. The minimum absolute atomic E-state index is 0.0567. The summed E-state index contributed by atoms with van der Waals surface area (Å²) < 4.78 is 6.72. The maximum atomic E-state index is 11.5. The quantitative estimate of drug-likeness (QED) is 0.582. The Balaban J connectivity index is 1.63. The van der Waals surface area contributed by atoms with E-state index in [1.807, 2.05) is 10.8 Å².